The zero-order chi connectivity index (χ0) is 40.8. The van der Waals surface area contributed by atoms with Crippen molar-refractivity contribution in [2.75, 3.05) is 44.3 Å². The van der Waals surface area contributed by atoms with Crippen molar-refractivity contribution in [3.05, 3.63) is 46.4 Å². The number of ether oxygens (including phenoxy) is 1. The first-order chi connectivity index (χ1) is 26.8. The molecule has 2 unspecified atom stereocenters. The number of carbonyl (C=O) groups is 1. The van der Waals surface area contributed by atoms with E-state index in [2.05, 4.69) is 74.9 Å². The Bertz CT molecular complexity index is 1920. The van der Waals surface area contributed by atoms with Gasteiger partial charge < -0.3 is 20.1 Å². The van der Waals surface area contributed by atoms with Crippen LogP contribution in [0.15, 0.2) is 41.5 Å². The minimum absolute atomic E-state index is 0.0104. The number of nitrogens with one attached hydrogen (secondary N) is 1. The predicted molar refractivity (Wildman–Crippen MR) is 230 cm³/mol. The van der Waals surface area contributed by atoms with Gasteiger partial charge in [0.1, 0.15) is 12.0 Å². The fourth-order valence-electron chi connectivity index (χ4n) is 15.2. The van der Waals surface area contributed by atoms with Crippen LogP contribution in [-0.2, 0) is 14.6 Å². The lowest BCUT2D eigenvalue weighted by atomic mass is 9.33. The molecule has 5 fully saturated rings. The molecule has 1 aromatic rings. The van der Waals surface area contributed by atoms with Gasteiger partial charge in [0, 0.05) is 42.7 Å². The van der Waals surface area contributed by atoms with E-state index in [-0.39, 0.29) is 33.8 Å². The second-order valence-electron chi connectivity index (χ2n) is 21.4. The Morgan fingerprint density at radius 2 is 1.74 bits per heavy atom. The van der Waals surface area contributed by atoms with E-state index in [1.165, 1.54) is 79.6 Å². The van der Waals surface area contributed by atoms with Gasteiger partial charge in [-0.3, -0.25) is 4.79 Å². The molecule has 7 aliphatic rings. The number of rotatable bonds is 10. The van der Waals surface area contributed by atoms with Gasteiger partial charge in [0.25, 0.3) is 0 Å². The molecule has 10 atom stereocenters. The summed E-state index contributed by atoms with van der Waals surface area (Å²) in [5.74, 6) is 3.40. The fourth-order valence-corrected chi connectivity index (χ4v) is 17.0. The van der Waals surface area contributed by atoms with E-state index in [4.69, 9.17) is 4.74 Å². The molecule has 0 amide bonds. The predicted octanol–water partition coefficient (Wildman–Crippen LogP) is 9.28. The summed E-state index contributed by atoms with van der Waals surface area (Å²) in [4.78, 5) is 16.1. The maximum Gasteiger partial charge on any atom is 0.313 e. The largest absolute Gasteiger partial charge is 0.481 e. The van der Waals surface area contributed by atoms with Gasteiger partial charge in [0.15, 0.2) is 9.84 Å². The molecule has 57 heavy (non-hydrogen) atoms. The highest BCUT2D eigenvalue weighted by Crippen LogP contribution is 2.76. The molecule has 2 heterocycles. The first-order valence-electron chi connectivity index (χ1n) is 22.3. The molecule has 8 rings (SSSR count). The Morgan fingerprint density at radius 3 is 2.39 bits per heavy atom. The lowest BCUT2D eigenvalue weighted by Crippen LogP contribution is -2.68. The zero-order valence-electron chi connectivity index (χ0n) is 36.1. The molecular formula is C47H71N3O5S2. The third-order valence-electron chi connectivity index (χ3n) is 18.5. The molecule has 1 aromatic heterocycles. The number of carboxylic acids is 1. The molecule has 6 aliphatic carbocycles. The Kier molecular flexibility index (Phi) is 10.7. The smallest absolute Gasteiger partial charge is 0.313 e. The SMILES string of the molecule is C=C(C)C1CC[C@]2(NCCN3CCS(=O)(=O)CC3)CC[C@]3(C)[C@H](CC[C@@H]4[C@@]5(C)CC=C(C6=CCC(COc7cc(C)sn7)(C(=O)O)CC6)C(C)(C)[C@@H]5CC[C@]43C)[C@@H]12. The van der Waals surface area contributed by atoms with Crippen molar-refractivity contribution < 1.29 is 23.1 Å². The van der Waals surface area contributed by atoms with Crippen LogP contribution in [0.5, 0.6) is 5.88 Å². The van der Waals surface area contributed by atoms with Gasteiger partial charge in [-0.05, 0) is 165 Å². The van der Waals surface area contributed by atoms with Crippen molar-refractivity contribution in [3.63, 3.8) is 0 Å². The molecule has 0 aromatic carbocycles. The lowest BCUT2D eigenvalue weighted by molar-refractivity contribution is -0.221. The number of allylic oxidation sites excluding steroid dienone is 5. The van der Waals surface area contributed by atoms with Gasteiger partial charge in [-0.2, -0.15) is 4.37 Å². The van der Waals surface area contributed by atoms with Crippen LogP contribution in [0, 0.1) is 63.6 Å². The number of fused-ring (bicyclic) bond motifs is 7. The Morgan fingerprint density at radius 1 is 0.982 bits per heavy atom. The second kappa shape index (κ2) is 14.6. The van der Waals surface area contributed by atoms with Crippen molar-refractivity contribution in [3.8, 4) is 5.88 Å². The molecular weight excluding hydrogens is 751 g/mol. The molecule has 0 bridgehead atoms. The summed E-state index contributed by atoms with van der Waals surface area (Å²) in [5.41, 5.74) is 4.16. The van der Waals surface area contributed by atoms with Crippen LogP contribution in [-0.4, -0.2) is 78.6 Å². The summed E-state index contributed by atoms with van der Waals surface area (Å²) in [6, 6.07) is 1.89. The van der Waals surface area contributed by atoms with Gasteiger partial charge in [-0.25, -0.2) is 8.42 Å². The zero-order valence-corrected chi connectivity index (χ0v) is 37.7. The molecule has 8 nitrogen and oxygen atoms in total. The van der Waals surface area contributed by atoms with Crippen molar-refractivity contribution in [2.45, 2.75) is 131 Å². The topological polar surface area (TPSA) is 109 Å². The van der Waals surface area contributed by atoms with E-state index in [9.17, 15) is 18.3 Å². The maximum absolute atomic E-state index is 12.7. The number of aromatic nitrogens is 1. The average molecular weight is 822 g/mol. The normalized spacial score (nSPS) is 42.4. The number of nitrogens with zero attached hydrogens (tertiary/aromatic N) is 2. The third kappa shape index (κ3) is 6.75. The first-order valence-corrected chi connectivity index (χ1v) is 24.9. The van der Waals surface area contributed by atoms with Gasteiger partial charge in [-0.15, -0.1) is 0 Å². The highest BCUT2D eigenvalue weighted by molar-refractivity contribution is 7.91. The fraction of sp³-hybridized carbons (Fsp3) is 0.787. The van der Waals surface area contributed by atoms with Gasteiger partial charge in [0.05, 0.1) is 11.5 Å². The number of sulfone groups is 1. The van der Waals surface area contributed by atoms with Crippen LogP contribution in [0.25, 0.3) is 0 Å². The molecule has 316 valence electrons. The van der Waals surface area contributed by atoms with Crippen molar-refractivity contribution in [2.24, 2.45) is 56.7 Å². The number of aliphatic carboxylic acids is 1. The summed E-state index contributed by atoms with van der Waals surface area (Å²) >= 11 is 1.39. The molecule has 0 spiro atoms. The maximum atomic E-state index is 12.7. The molecule has 1 aliphatic heterocycles. The van der Waals surface area contributed by atoms with Crippen LogP contribution < -0.4 is 10.1 Å². The van der Waals surface area contributed by atoms with Gasteiger partial charge >= 0.3 is 5.97 Å². The lowest BCUT2D eigenvalue weighted by Gasteiger charge is -2.72. The molecule has 0 radical (unpaired) electrons. The monoisotopic (exact) mass is 821 g/mol. The molecule has 1 saturated heterocycles. The van der Waals surface area contributed by atoms with E-state index in [1.807, 2.05) is 13.0 Å². The highest BCUT2D eigenvalue weighted by atomic mass is 32.2. The number of carboxylic acid groups (broad SMARTS) is 1. The van der Waals surface area contributed by atoms with Crippen LogP contribution in [0.2, 0.25) is 0 Å². The summed E-state index contributed by atoms with van der Waals surface area (Å²) in [6.45, 7) is 25.3. The standard InChI is InChI=1S/C47H71N3O5S2/c1-31(2)34-13-20-47(48-23-24-50-25-27-57(53,54)28-26-50)22-21-44(7)36(40(34)47)9-10-38-43(6)16-14-35(42(4,5)37(43)15-17-45(38,44)8)33-11-18-46(19-12-33,41(51)52)30-55-39-29-32(3)56-49-39/h11,14,29,34,36-38,40,48H,1,9-10,12-13,15-28,30H2,2-8H3,(H,51,52)/t34?,36-,37+,38-,40-,43+,44-,45-,46?,47+/m1/s1. The Hall–Kier alpha value is -2.01. The van der Waals surface area contributed by atoms with Crippen molar-refractivity contribution >= 4 is 27.3 Å². The van der Waals surface area contributed by atoms with Crippen LogP contribution in [0.3, 0.4) is 0 Å². The average Bonchev–Trinajstić information content (AvgIpc) is 3.75. The van der Waals surface area contributed by atoms with Crippen molar-refractivity contribution in [1.29, 1.82) is 0 Å². The Balaban J connectivity index is 1.01. The molecule has 2 N–H and O–H groups in total. The highest BCUT2D eigenvalue weighted by Gasteiger charge is 2.70. The van der Waals surface area contributed by atoms with Crippen molar-refractivity contribution in [1.82, 2.24) is 14.6 Å². The summed E-state index contributed by atoms with van der Waals surface area (Å²) < 4.78 is 34.5. The number of aryl methyl sites for hydroxylation is 1. The van der Waals surface area contributed by atoms with Gasteiger partial charge in [-0.1, -0.05) is 58.9 Å². The molecule has 10 heteroatoms. The minimum Gasteiger partial charge on any atom is -0.481 e. The van der Waals surface area contributed by atoms with E-state index in [0.29, 0.717) is 72.9 Å². The van der Waals surface area contributed by atoms with E-state index in [0.717, 1.165) is 30.8 Å². The third-order valence-corrected chi connectivity index (χ3v) is 20.8. The summed E-state index contributed by atoms with van der Waals surface area (Å²) in [6.07, 6.45) is 17.9. The minimum atomic E-state index is -2.87. The van der Waals surface area contributed by atoms with E-state index >= 15 is 0 Å². The first kappa shape index (κ1) is 41.7. The number of hydrogen-bond donors (Lipinski definition) is 2. The van der Waals surface area contributed by atoms with E-state index < -0.39 is 21.2 Å². The van der Waals surface area contributed by atoms with Crippen LogP contribution >= 0.6 is 11.5 Å². The summed E-state index contributed by atoms with van der Waals surface area (Å²) in [7, 11) is -2.87. The van der Waals surface area contributed by atoms with E-state index in [1.54, 1.807) is 0 Å². The Labute approximate surface area is 347 Å². The second-order valence-corrected chi connectivity index (χ2v) is 24.7. The van der Waals surface area contributed by atoms with Gasteiger partial charge in [0.2, 0.25) is 5.88 Å². The van der Waals surface area contributed by atoms with Crippen LogP contribution in [0.1, 0.15) is 123 Å². The quantitative estimate of drug-likeness (QED) is 0.225. The molecule has 4 saturated carbocycles. The summed E-state index contributed by atoms with van der Waals surface area (Å²) in [5, 5.41) is 14.7. The number of hydrogen-bond acceptors (Lipinski definition) is 8. The van der Waals surface area contributed by atoms with Crippen LogP contribution in [0.4, 0.5) is 0 Å².